The Kier molecular flexibility index (Phi) is 8.54. The van der Waals surface area contributed by atoms with Crippen LogP contribution in [0.5, 0.6) is 5.75 Å². The Morgan fingerprint density at radius 1 is 1.00 bits per heavy atom. The van der Waals surface area contributed by atoms with E-state index in [9.17, 15) is 13.2 Å². The summed E-state index contributed by atoms with van der Waals surface area (Å²) in [7, 11) is -0.112. The number of nitrogens with one attached hydrogen (secondary N) is 1. The molecule has 8 nitrogen and oxygen atoms in total. The lowest BCUT2D eigenvalue weighted by molar-refractivity contribution is -0.123. The Morgan fingerprint density at radius 3 is 2.56 bits per heavy atom. The van der Waals surface area contributed by atoms with Gasteiger partial charge in [-0.1, -0.05) is 30.3 Å². The minimum atomic E-state index is -3.87. The van der Waals surface area contributed by atoms with Gasteiger partial charge in [-0.2, -0.15) is 4.31 Å². The molecule has 0 spiro atoms. The molecule has 9 heteroatoms. The minimum Gasteiger partial charge on any atom is -0.497 e. The summed E-state index contributed by atoms with van der Waals surface area (Å²) in [5.74, 6) is 0.591. The van der Waals surface area contributed by atoms with Gasteiger partial charge in [0.2, 0.25) is 15.9 Å². The maximum atomic E-state index is 14.1. The molecule has 0 saturated heterocycles. The van der Waals surface area contributed by atoms with E-state index >= 15 is 0 Å². The van der Waals surface area contributed by atoms with Crippen molar-refractivity contribution in [3.63, 3.8) is 0 Å². The van der Waals surface area contributed by atoms with Crippen molar-refractivity contribution in [2.75, 3.05) is 20.7 Å². The van der Waals surface area contributed by atoms with Gasteiger partial charge in [-0.25, -0.2) is 8.42 Å². The molecule has 4 aromatic rings. The third-order valence-electron chi connectivity index (χ3n) is 9.55. The first-order valence-electron chi connectivity index (χ1n) is 15.8. The number of carbonyl (C=O) groups excluding carboxylic acids is 1. The number of methoxy groups -OCH3 is 1. The van der Waals surface area contributed by atoms with Crippen LogP contribution in [0, 0.1) is 0 Å². The first-order chi connectivity index (χ1) is 21.4. The van der Waals surface area contributed by atoms with Crippen LogP contribution in [0.2, 0.25) is 0 Å². The number of hydrogen-bond acceptors (Lipinski definition) is 5. The van der Waals surface area contributed by atoms with Gasteiger partial charge in [0.15, 0.2) is 0 Å². The lowest BCUT2D eigenvalue weighted by atomic mass is 9.87. The molecule has 0 saturated carbocycles. The molecule has 1 aliphatic heterocycles. The van der Waals surface area contributed by atoms with Gasteiger partial charge in [-0.15, -0.1) is 0 Å². The number of rotatable bonds is 8. The van der Waals surface area contributed by atoms with E-state index in [0.29, 0.717) is 13.1 Å². The molecule has 0 fully saturated rings. The Bertz CT molecular complexity index is 1820. The van der Waals surface area contributed by atoms with Gasteiger partial charge in [0.25, 0.3) is 0 Å². The maximum Gasteiger partial charge on any atom is 0.243 e. The van der Waals surface area contributed by atoms with Gasteiger partial charge < -0.3 is 14.6 Å². The van der Waals surface area contributed by atoms with E-state index in [1.165, 1.54) is 21.0 Å². The first kappa shape index (κ1) is 31.3. The standard InChI is InChI=1S/C36H44N4O4S/c1-36(2,3)38(4)24-25-8-9-27-20-30(13-10-26(27)19-25)37-35(41)23-34-33-7-6-16-39(33)17-18-40(34)45(42,43)32-15-12-28-21-31(44-5)14-11-29(28)22-32/h6-9,11-12,14-16,19,21-22,30,34H,10,13,17-18,20,23-24H2,1-5H3,(H,37,41). The van der Waals surface area contributed by atoms with Crippen molar-refractivity contribution >= 4 is 26.7 Å². The first-order valence-corrected chi connectivity index (χ1v) is 17.2. The fourth-order valence-corrected chi connectivity index (χ4v) is 8.19. The summed E-state index contributed by atoms with van der Waals surface area (Å²) in [5, 5.41) is 4.97. The van der Waals surface area contributed by atoms with E-state index in [-0.39, 0.29) is 28.8 Å². The number of benzene rings is 3. The topological polar surface area (TPSA) is 83.9 Å². The SMILES string of the molecule is COc1ccc2cc(S(=O)(=O)N3CCn4cccc4C3CC(=O)NC3CCc4cc(CN(C)C(C)(C)C)ccc4C3)ccc2c1. The zero-order chi connectivity index (χ0) is 31.9. The van der Waals surface area contributed by atoms with E-state index in [0.717, 1.165) is 48.0 Å². The number of hydrogen-bond donors (Lipinski definition) is 1. The van der Waals surface area contributed by atoms with Crippen LogP contribution in [0.25, 0.3) is 10.8 Å². The summed E-state index contributed by atoms with van der Waals surface area (Å²) in [6.07, 6.45) is 4.58. The normalized spacial score (nSPS) is 18.9. The van der Waals surface area contributed by atoms with E-state index in [4.69, 9.17) is 4.74 Å². The average molecular weight is 629 g/mol. The molecule has 1 amide bonds. The maximum absolute atomic E-state index is 14.1. The highest BCUT2D eigenvalue weighted by Gasteiger charge is 2.38. The number of carbonyl (C=O) groups is 1. The van der Waals surface area contributed by atoms with Gasteiger partial charge in [0.05, 0.1) is 18.0 Å². The molecular weight excluding hydrogens is 584 g/mol. The summed E-state index contributed by atoms with van der Waals surface area (Å²) >= 11 is 0. The number of amides is 1. The minimum absolute atomic E-state index is 0.0195. The molecule has 2 atom stereocenters. The third kappa shape index (κ3) is 6.52. The van der Waals surface area contributed by atoms with Gasteiger partial charge in [0.1, 0.15) is 5.75 Å². The summed E-state index contributed by atoms with van der Waals surface area (Å²) in [5.41, 5.74) is 4.88. The zero-order valence-electron chi connectivity index (χ0n) is 26.9. The number of ether oxygens (including phenoxy) is 1. The van der Waals surface area contributed by atoms with Crippen LogP contribution in [0.15, 0.2) is 77.8 Å². The van der Waals surface area contributed by atoms with Gasteiger partial charge in [0, 0.05) is 49.5 Å². The number of aryl methyl sites for hydroxylation is 1. The second-order valence-electron chi connectivity index (χ2n) is 13.5. The molecule has 2 heterocycles. The van der Waals surface area contributed by atoms with E-state index in [1.807, 2.05) is 42.6 Å². The van der Waals surface area contributed by atoms with Gasteiger partial charge in [-0.05, 0) is 111 Å². The second-order valence-corrected chi connectivity index (χ2v) is 15.4. The molecule has 238 valence electrons. The van der Waals surface area contributed by atoms with Crippen molar-refractivity contribution in [2.45, 2.75) is 82.1 Å². The second kappa shape index (κ2) is 12.3. The molecule has 0 radical (unpaired) electrons. The number of aromatic nitrogens is 1. The Labute approximate surface area is 267 Å². The van der Waals surface area contributed by atoms with Crippen LogP contribution in [0.4, 0.5) is 0 Å². The van der Waals surface area contributed by atoms with Crippen LogP contribution < -0.4 is 10.1 Å². The molecule has 2 aliphatic rings. The Hall–Kier alpha value is -3.66. The molecule has 45 heavy (non-hydrogen) atoms. The summed E-state index contributed by atoms with van der Waals surface area (Å²) < 4.78 is 37.1. The van der Waals surface area contributed by atoms with Crippen LogP contribution >= 0.6 is 0 Å². The van der Waals surface area contributed by atoms with Crippen LogP contribution in [0.3, 0.4) is 0 Å². The lowest BCUT2D eigenvalue weighted by Gasteiger charge is -2.36. The molecule has 1 aromatic heterocycles. The zero-order valence-corrected chi connectivity index (χ0v) is 27.7. The van der Waals surface area contributed by atoms with E-state index < -0.39 is 16.1 Å². The molecule has 6 rings (SSSR count). The molecule has 2 unspecified atom stereocenters. The van der Waals surface area contributed by atoms with Crippen LogP contribution in [0.1, 0.15) is 62.0 Å². The lowest BCUT2D eigenvalue weighted by Crippen LogP contribution is -2.45. The van der Waals surface area contributed by atoms with Gasteiger partial charge >= 0.3 is 0 Å². The molecule has 1 N–H and O–H groups in total. The van der Waals surface area contributed by atoms with Crippen molar-refractivity contribution in [3.8, 4) is 5.75 Å². The Morgan fingerprint density at radius 2 is 1.78 bits per heavy atom. The monoisotopic (exact) mass is 628 g/mol. The highest BCUT2D eigenvalue weighted by Crippen LogP contribution is 2.35. The average Bonchev–Trinajstić information content (AvgIpc) is 3.50. The predicted octanol–water partition coefficient (Wildman–Crippen LogP) is 5.69. The number of sulfonamides is 1. The highest BCUT2D eigenvalue weighted by atomic mass is 32.2. The summed E-state index contributed by atoms with van der Waals surface area (Å²) in [6.45, 7) is 8.40. The quantitative estimate of drug-likeness (QED) is 0.271. The van der Waals surface area contributed by atoms with Gasteiger partial charge in [-0.3, -0.25) is 9.69 Å². The van der Waals surface area contributed by atoms with E-state index in [2.05, 4.69) is 60.8 Å². The molecular formula is C36H44N4O4S. The Balaban J connectivity index is 1.17. The van der Waals surface area contributed by atoms with E-state index in [1.54, 1.807) is 19.2 Å². The van der Waals surface area contributed by atoms with Crippen molar-refractivity contribution < 1.29 is 17.9 Å². The van der Waals surface area contributed by atoms with Crippen molar-refractivity contribution in [3.05, 3.63) is 95.3 Å². The van der Waals surface area contributed by atoms with Crippen LogP contribution in [-0.2, 0) is 40.7 Å². The molecule has 1 aliphatic carbocycles. The smallest absolute Gasteiger partial charge is 0.243 e. The van der Waals surface area contributed by atoms with Crippen molar-refractivity contribution in [1.29, 1.82) is 0 Å². The highest BCUT2D eigenvalue weighted by molar-refractivity contribution is 7.89. The third-order valence-corrected chi connectivity index (χ3v) is 11.5. The number of nitrogens with zero attached hydrogens (tertiary/aromatic N) is 3. The summed E-state index contributed by atoms with van der Waals surface area (Å²) in [4.78, 5) is 16.2. The molecule has 0 bridgehead atoms. The number of fused-ring (bicyclic) bond motifs is 3. The fraction of sp³-hybridized carbons (Fsp3) is 0.417. The van der Waals surface area contributed by atoms with Crippen molar-refractivity contribution in [2.24, 2.45) is 0 Å². The fourth-order valence-electron chi connectivity index (χ4n) is 6.57. The summed E-state index contributed by atoms with van der Waals surface area (Å²) in [6, 6.07) is 20.8. The predicted molar refractivity (Wildman–Crippen MR) is 178 cm³/mol. The van der Waals surface area contributed by atoms with Crippen molar-refractivity contribution in [1.82, 2.24) is 19.1 Å². The van der Waals surface area contributed by atoms with Crippen LogP contribution in [-0.4, -0.2) is 60.4 Å². The molecule has 3 aromatic carbocycles. The largest absolute Gasteiger partial charge is 0.497 e.